The third-order valence-electron chi connectivity index (χ3n) is 5.28. The third kappa shape index (κ3) is 4.82. The van der Waals surface area contributed by atoms with Crippen LogP contribution in [0, 0.1) is 5.82 Å². The van der Waals surface area contributed by atoms with E-state index in [9.17, 15) is 22.4 Å². The lowest BCUT2D eigenvalue weighted by molar-refractivity contribution is -0.141. The number of fused-ring (bicyclic) bond motifs is 1. The van der Waals surface area contributed by atoms with Crippen LogP contribution in [0.25, 0.3) is 10.9 Å². The molecule has 5 nitrogen and oxygen atoms in total. The number of halogens is 4. The Morgan fingerprint density at radius 2 is 1.90 bits per heavy atom. The van der Waals surface area contributed by atoms with Crippen molar-refractivity contribution in [2.75, 3.05) is 26.2 Å². The lowest BCUT2D eigenvalue weighted by Gasteiger charge is -2.23. The lowest BCUT2D eigenvalue weighted by Crippen LogP contribution is -2.36. The van der Waals surface area contributed by atoms with Gasteiger partial charge in [0.2, 0.25) is 0 Å². The molecule has 0 saturated carbocycles. The van der Waals surface area contributed by atoms with Crippen molar-refractivity contribution in [3.8, 4) is 0 Å². The summed E-state index contributed by atoms with van der Waals surface area (Å²) in [5.41, 5.74) is -0.704. The Kier molecular flexibility index (Phi) is 5.86. The zero-order valence-electron chi connectivity index (χ0n) is 16.6. The highest BCUT2D eigenvalue weighted by Crippen LogP contribution is 2.33. The molecule has 3 aromatic rings. The normalized spacial score (nSPS) is 15.8. The van der Waals surface area contributed by atoms with Crippen molar-refractivity contribution in [2.24, 2.45) is 0 Å². The molecule has 0 unspecified atom stereocenters. The van der Waals surface area contributed by atoms with Gasteiger partial charge in [0.05, 0.1) is 11.1 Å². The molecule has 0 aliphatic carbocycles. The van der Waals surface area contributed by atoms with E-state index in [0.717, 1.165) is 5.56 Å². The summed E-state index contributed by atoms with van der Waals surface area (Å²) in [7, 11) is 0. The topological polar surface area (TPSA) is 49.3 Å². The van der Waals surface area contributed by atoms with Gasteiger partial charge in [-0.25, -0.2) is 9.37 Å². The Morgan fingerprint density at radius 1 is 1.06 bits per heavy atom. The van der Waals surface area contributed by atoms with Crippen LogP contribution in [-0.2, 0) is 12.7 Å². The average Bonchev–Trinajstić information content (AvgIpc) is 2.97. The Balaban J connectivity index is 1.55. The molecule has 2 aromatic heterocycles. The summed E-state index contributed by atoms with van der Waals surface area (Å²) in [6.45, 7) is 2.26. The number of alkyl halides is 3. The maximum absolute atomic E-state index is 13.6. The van der Waals surface area contributed by atoms with Crippen molar-refractivity contribution in [3.05, 3.63) is 71.4 Å². The second-order valence-electron chi connectivity index (χ2n) is 7.50. The summed E-state index contributed by atoms with van der Waals surface area (Å²) >= 11 is 0. The molecule has 4 rings (SSSR count). The maximum atomic E-state index is 13.6. The first kappa shape index (κ1) is 21.2. The van der Waals surface area contributed by atoms with Gasteiger partial charge < -0.3 is 4.90 Å². The summed E-state index contributed by atoms with van der Waals surface area (Å²) in [5, 5.41) is 0.376. The molecule has 1 fully saturated rings. The SMILES string of the molecule is O=C(c1cc2cnccc2nc1C(F)(F)F)N1CCCN(Cc2cccc(F)c2)CC1. The number of hydrogen-bond donors (Lipinski definition) is 0. The van der Waals surface area contributed by atoms with Gasteiger partial charge in [0.15, 0.2) is 5.69 Å². The fourth-order valence-corrected chi connectivity index (χ4v) is 3.79. The summed E-state index contributed by atoms with van der Waals surface area (Å²) in [5.74, 6) is -1.01. The van der Waals surface area contributed by atoms with Gasteiger partial charge in [0.1, 0.15) is 5.82 Å². The molecule has 0 atom stereocenters. The molecule has 1 aliphatic rings. The molecule has 1 aliphatic heterocycles. The van der Waals surface area contributed by atoms with E-state index in [1.54, 1.807) is 6.07 Å². The van der Waals surface area contributed by atoms with E-state index in [1.807, 2.05) is 6.07 Å². The van der Waals surface area contributed by atoms with E-state index >= 15 is 0 Å². The maximum Gasteiger partial charge on any atom is 0.434 e. The zero-order chi connectivity index (χ0) is 22.0. The lowest BCUT2D eigenvalue weighted by atomic mass is 10.1. The summed E-state index contributed by atoms with van der Waals surface area (Å²) < 4.78 is 54.3. The second-order valence-corrected chi connectivity index (χ2v) is 7.50. The van der Waals surface area contributed by atoms with E-state index < -0.39 is 23.3 Å². The first-order valence-corrected chi connectivity index (χ1v) is 9.89. The molecule has 1 aromatic carbocycles. The summed E-state index contributed by atoms with van der Waals surface area (Å²) in [6.07, 6.45) is -1.40. The number of aromatic nitrogens is 2. The number of pyridine rings is 2. The van der Waals surface area contributed by atoms with Gasteiger partial charge >= 0.3 is 6.18 Å². The summed E-state index contributed by atoms with van der Waals surface area (Å²) in [4.78, 5) is 24.2. The van der Waals surface area contributed by atoms with Gasteiger partial charge in [-0.1, -0.05) is 12.1 Å². The standard InChI is InChI=1S/C22H20F4N4O/c23-17-4-1-3-15(11-17)14-29-7-2-8-30(10-9-29)21(31)18-12-16-13-27-6-5-19(16)28-20(18)22(24,25)26/h1,3-6,11-13H,2,7-10,14H2. The highest BCUT2D eigenvalue weighted by atomic mass is 19.4. The van der Waals surface area contributed by atoms with Crippen molar-refractivity contribution in [3.63, 3.8) is 0 Å². The Morgan fingerprint density at radius 3 is 2.68 bits per heavy atom. The predicted molar refractivity (Wildman–Crippen MR) is 107 cm³/mol. The minimum atomic E-state index is -4.75. The molecule has 0 N–H and O–H groups in total. The van der Waals surface area contributed by atoms with Crippen molar-refractivity contribution < 1.29 is 22.4 Å². The first-order chi connectivity index (χ1) is 14.8. The third-order valence-corrected chi connectivity index (χ3v) is 5.28. The molecule has 31 heavy (non-hydrogen) atoms. The van der Waals surface area contributed by atoms with Gasteiger partial charge in [-0.3, -0.25) is 14.7 Å². The van der Waals surface area contributed by atoms with E-state index in [-0.39, 0.29) is 17.9 Å². The molecular formula is C22H20F4N4O. The number of benzene rings is 1. The number of nitrogens with zero attached hydrogens (tertiary/aromatic N) is 4. The molecular weight excluding hydrogens is 412 g/mol. The van der Waals surface area contributed by atoms with Crippen molar-refractivity contribution >= 4 is 16.8 Å². The van der Waals surface area contributed by atoms with Gasteiger partial charge in [0.25, 0.3) is 5.91 Å². The zero-order valence-corrected chi connectivity index (χ0v) is 16.6. The number of hydrogen-bond acceptors (Lipinski definition) is 4. The van der Waals surface area contributed by atoms with Crippen molar-refractivity contribution in [2.45, 2.75) is 19.1 Å². The number of amides is 1. The fourth-order valence-electron chi connectivity index (χ4n) is 3.79. The van der Waals surface area contributed by atoms with Crippen LogP contribution >= 0.6 is 0 Å². The molecule has 0 bridgehead atoms. The molecule has 0 radical (unpaired) electrons. The summed E-state index contributed by atoms with van der Waals surface area (Å²) in [6, 6.07) is 8.89. The van der Waals surface area contributed by atoms with Crippen LogP contribution in [0.15, 0.2) is 48.8 Å². The van der Waals surface area contributed by atoms with Gasteiger partial charge in [-0.15, -0.1) is 0 Å². The molecule has 1 saturated heterocycles. The van der Waals surface area contributed by atoms with Crippen molar-refractivity contribution in [1.82, 2.24) is 19.8 Å². The van der Waals surface area contributed by atoms with Gasteiger partial charge in [-0.2, -0.15) is 13.2 Å². The molecule has 162 valence electrons. The molecule has 3 heterocycles. The van der Waals surface area contributed by atoms with Gasteiger partial charge in [-0.05, 0) is 36.2 Å². The van der Waals surface area contributed by atoms with E-state index in [1.165, 1.54) is 41.6 Å². The highest BCUT2D eigenvalue weighted by Gasteiger charge is 2.38. The minimum absolute atomic E-state index is 0.135. The van der Waals surface area contributed by atoms with Crippen LogP contribution in [0.2, 0.25) is 0 Å². The van der Waals surface area contributed by atoms with Crippen LogP contribution < -0.4 is 0 Å². The first-order valence-electron chi connectivity index (χ1n) is 9.89. The Bertz CT molecular complexity index is 1100. The van der Waals surface area contributed by atoms with Crippen LogP contribution in [0.5, 0.6) is 0 Å². The monoisotopic (exact) mass is 432 g/mol. The fraction of sp³-hybridized carbons (Fsp3) is 0.318. The Hall–Kier alpha value is -3.07. The largest absolute Gasteiger partial charge is 0.434 e. The quantitative estimate of drug-likeness (QED) is 0.584. The van der Waals surface area contributed by atoms with Crippen LogP contribution in [0.1, 0.15) is 28.0 Å². The predicted octanol–water partition coefficient (Wildman–Crippen LogP) is 4.14. The van der Waals surface area contributed by atoms with Crippen LogP contribution in [-0.4, -0.2) is 51.9 Å². The van der Waals surface area contributed by atoms with Crippen molar-refractivity contribution in [1.29, 1.82) is 0 Å². The van der Waals surface area contributed by atoms with Crippen LogP contribution in [0.4, 0.5) is 17.6 Å². The van der Waals surface area contributed by atoms with E-state index in [0.29, 0.717) is 38.0 Å². The number of carbonyl (C=O) groups excluding carboxylic acids is 1. The average molecular weight is 432 g/mol. The van der Waals surface area contributed by atoms with E-state index in [2.05, 4.69) is 14.9 Å². The smallest absolute Gasteiger partial charge is 0.337 e. The van der Waals surface area contributed by atoms with E-state index in [4.69, 9.17) is 0 Å². The number of carbonyl (C=O) groups is 1. The second kappa shape index (κ2) is 8.58. The molecule has 0 spiro atoms. The molecule has 9 heteroatoms. The minimum Gasteiger partial charge on any atom is -0.337 e. The molecule has 1 amide bonds. The van der Waals surface area contributed by atoms with Gasteiger partial charge in [0, 0.05) is 50.5 Å². The van der Waals surface area contributed by atoms with Crippen LogP contribution in [0.3, 0.4) is 0 Å². The number of rotatable bonds is 3. The highest BCUT2D eigenvalue weighted by molar-refractivity contribution is 5.98. The Labute approximate surface area is 176 Å².